The van der Waals surface area contributed by atoms with Crippen molar-refractivity contribution in [3.8, 4) is 0 Å². The maximum atomic E-state index is 4.75. The SMILES string of the molecule is Cc1nc2ccccc2c(N2CCC(c3nncn3C)CC2)c1C. The molecular formula is C19H23N5. The maximum absolute atomic E-state index is 4.75. The Morgan fingerprint density at radius 2 is 1.83 bits per heavy atom. The Kier molecular flexibility index (Phi) is 3.71. The van der Waals surface area contributed by atoms with E-state index < -0.39 is 0 Å². The first-order valence-electron chi connectivity index (χ1n) is 8.60. The molecule has 5 heteroatoms. The van der Waals surface area contributed by atoms with Crippen LogP contribution in [0.5, 0.6) is 0 Å². The molecule has 0 unspecified atom stereocenters. The fourth-order valence-corrected chi connectivity index (χ4v) is 3.84. The fraction of sp³-hybridized carbons (Fsp3) is 0.421. The topological polar surface area (TPSA) is 46.8 Å². The molecule has 124 valence electrons. The summed E-state index contributed by atoms with van der Waals surface area (Å²) in [5.41, 5.74) is 4.87. The van der Waals surface area contributed by atoms with Crippen LogP contribution in [0.25, 0.3) is 10.9 Å². The first kappa shape index (κ1) is 15.1. The Morgan fingerprint density at radius 3 is 2.54 bits per heavy atom. The minimum atomic E-state index is 0.503. The van der Waals surface area contributed by atoms with Crippen LogP contribution in [0.1, 0.15) is 35.8 Å². The average molecular weight is 321 g/mol. The Balaban J connectivity index is 1.65. The van der Waals surface area contributed by atoms with Crippen molar-refractivity contribution in [2.75, 3.05) is 18.0 Å². The average Bonchev–Trinajstić information content (AvgIpc) is 3.02. The van der Waals surface area contributed by atoms with Crippen LogP contribution in [0.4, 0.5) is 5.69 Å². The summed E-state index contributed by atoms with van der Waals surface area (Å²) in [5, 5.41) is 9.60. The normalized spacial score (nSPS) is 16.0. The van der Waals surface area contributed by atoms with Gasteiger partial charge >= 0.3 is 0 Å². The number of para-hydroxylation sites is 1. The Labute approximate surface area is 142 Å². The molecule has 3 aromatic rings. The highest BCUT2D eigenvalue weighted by Crippen LogP contribution is 2.35. The molecule has 1 saturated heterocycles. The van der Waals surface area contributed by atoms with Crippen LogP contribution in [0.2, 0.25) is 0 Å². The van der Waals surface area contributed by atoms with E-state index in [0.29, 0.717) is 5.92 Å². The lowest BCUT2D eigenvalue weighted by Crippen LogP contribution is -2.34. The van der Waals surface area contributed by atoms with Crippen molar-refractivity contribution in [3.63, 3.8) is 0 Å². The van der Waals surface area contributed by atoms with Crippen LogP contribution < -0.4 is 4.90 Å². The van der Waals surface area contributed by atoms with E-state index in [0.717, 1.165) is 43.0 Å². The quantitative estimate of drug-likeness (QED) is 0.726. The van der Waals surface area contributed by atoms with Gasteiger partial charge in [0.2, 0.25) is 0 Å². The lowest BCUT2D eigenvalue weighted by Gasteiger charge is -2.35. The molecular weight excluding hydrogens is 298 g/mol. The molecule has 0 saturated carbocycles. The van der Waals surface area contributed by atoms with Gasteiger partial charge in [-0.1, -0.05) is 18.2 Å². The van der Waals surface area contributed by atoms with E-state index in [9.17, 15) is 0 Å². The zero-order chi connectivity index (χ0) is 16.7. The monoisotopic (exact) mass is 321 g/mol. The van der Waals surface area contributed by atoms with Gasteiger partial charge in [-0.3, -0.25) is 4.98 Å². The van der Waals surface area contributed by atoms with E-state index in [1.165, 1.54) is 16.6 Å². The first-order valence-corrected chi connectivity index (χ1v) is 8.60. The summed E-state index contributed by atoms with van der Waals surface area (Å²) in [7, 11) is 2.03. The second-order valence-corrected chi connectivity index (χ2v) is 6.75. The zero-order valence-electron chi connectivity index (χ0n) is 14.5. The molecule has 24 heavy (non-hydrogen) atoms. The number of nitrogens with zero attached hydrogens (tertiary/aromatic N) is 5. The van der Waals surface area contributed by atoms with Crippen LogP contribution in [0.15, 0.2) is 30.6 Å². The summed E-state index contributed by atoms with van der Waals surface area (Å²) in [6, 6.07) is 8.47. The predicted molar refractivity (Wildman–Crippen MR) is 96.4 cm³/mol. The third-order valence-electron chi connectivity index (χ3n) is 5.27. The second-order valence-electron chi connectivity index (χ2n) is 6.75. The molecule has 3 heterocycles. The molecule has 0 radical (unpaired) electrons. The van der Waals surface area contributed by atoms with Gasteiger partial charge in [-0.15, -0.1) is 10.2 Å². The van der Waals surface area contributed by atoms with E-state index in [1.54, 1.807) is 6.33 Å². The minimum absolute atomic E-state index is 0.503. The van der Waals surface area contributed by atoms with Gasteiger partial charge in [-0.05, 0) is 38.3 Å². The Bertz CT molecular complexity index is 875. The molecule has 0 bridgehead atoms. The molecule has 1 aliphatic rings. The Morgan fingerprint density at radius 1 is 1.08 bits per heavy atom. The molecule has 1 aliphatic heterocycles. The molecule has 1 fully saturated rings. The van der Waals surface area contributed by atoms with Gasteiger partial charge in [-0.2, -0.15) is 0 Å². The molecule has 0 N–H and O–H groups in total. The van der Waals surface area contributed by atoms with E-state index >= 15 is 0 Å². The molecule has 0 spiro atoms. The van der Waals surface area contributed by atoms with Gasteiger partial charge in [0.1, 0.15) is 12.2 Å². The van der Waals surface area contributed by atoms with Crippen molar-refractivity contribution in [1.82, 2.24) is 19.7 Å². The van der Waals surface area contributed by atoms with Gasteiger partial charge in [-0.25, -0.2) is 0 Å². The Hall–Kier alpha value is -2.43. The molecule has 0 aliphatic carbocycles. The van der Waals surface area contributed by atoms with Gasteiger partial charge in [0.05, 0.1) is 11.2 Å². The van der Waals surface area contributed by atoms with Crippen molar-refractivity contribution >= 4 is 16.6 Å². The molecule has 2 aromatic heterocycles. The summed E-state index contributed by atoms with van der Waals surface area (Å²) in [4.78, 5) is 7.28. The van der Waals surface area contributed by atoms with Crippen molar-refractivity contribution in [1.29, 1.82) is 0 Å². The first-order chi connectivity index (χ1) is 11.6. The second kappa shape index (κ2) is 5.89. The number of fused-ring (bicyclic) bond motifs is 1. The number of benzene rings is 1. The van der Waals surface area contributed by atoms with E-state index in [2.05, 4.69) is 57.8 Å². The maximum Gasteiger partial charge on any atom is 0.135 e. The summed E-state index contributed by atoms with van der Waals surface area (Å²) in [5.74, 6) is 1.62. The summed E-state index contributed by atoms with van der Waals surface area (Å²) < 4.78 is 2.05. The van der Waals surface area contributed by atoms with Crippen LogP contribution in [-0.2, 0) is 7.05 Å². The van der Waals surface area contributed by atoms with Crippen LogP contribution in [0.3, 0.4) is 0 Å². The molecule has 5 nitrogen and oxygen atoms in total. The number of aryl methyl sites for hydroxylation is 2. The van der Waals surface area contributed by atoms with Crippen LogP contribution in [0, 0.1) is 13.8 Å². The van der Waals surface area contributed by atoms with Crippen molar-refractivity contribution < 1.29 is 0 Å². The van der Waals surface area contributed by atoms with Gasteiger partial charge in [0.15, 0.2) is 0 Å². The number of hydrogen-bond donors (Lipinski definition) is 0. The number of hydrogen-bond acceptors (Lipinski definition) is 4. The third kappa shape index (κ3) is 2.44. The van der Waals surface area contributed by atoms with Gasteiger partial charge in [0, 0.05) is 37.1 Å². The van der Waals surface area contributed by atoms with Crippen LogP contribution in [-0.4, -0.2) is 32.8 Å². The van der Waals surface area contributed by atoms with Gasteiger partial charge < -0.3 is 9.47 Å². The number of piperidine rings is 1. The van der Waals surface area contributed by atoms with E-state index in [4.69, 9.17) is 4.98 Å². The fourth-order valence-electron chi connectivity index (χ4n) is 3.84. The standard InChI is InChI=1S/C19H23N5/c1-13-14(2)21-17-7-5-4-6-16(17)18(13)24-10-8-15(9-11-24)19-22-20-12-23(19)3/h4-7,12,15H,8-11H2,1-3H3. The molecule has 4 rings (SSSR count). The van der Waals surface area contributed by atoms with E-state index in [-0.39, 0.29) is 0 Å². The predicted octanol–water partition coefficient (Wildman–Crippen LogP) is 3.36. The summed E-state index contributed by atoms with van der Waals surface area (Å²) in [6.45, 7) is 6.40. The van der Waals surface area contributed by atoms with Gasteiger partial charge in [0.25, 0.3) is 0 Å². The minimum Gasteiger partial charge on any atom is -0.371 e. The highest BCUT2D eigenvalue weighted by Gasteiger charge is 2.26. The van der Waals surface area contributed by atoms with Crippen molar-refractivity contribution in [3.05, 3.63) is 47.7 Å². The molecule has 0 atom stereocenters. The highest BCUT2D eigenvalue weighted by molar-refractivity contribution is 5.93. The molecule has 1 aromatic carbocycles. The number of rotatable bonds is 2. The lowest BCUT2D eigenvalue weighted by molar-refractivity contribution is 0.474. The summed E-state index contributed by atoms with van der Waals surface area (Å²) >= 11 is 0. The lowest BCUT2D eigenvalue weighted by atomic mass is 9.94. The van der Waals surface area contributed by atoms with Crippen molar-refractivity contribution in [2.45, 2.75) is 32.6 Å². The number of pyridine rings is 1. The largest absolute Gasteiger partial charge is 0.371 e. The van der Waals surface area contributed by atoms with Crippen LogP contribution >= 0.6 is 0 Å². The smallest absolute Gasteiger partial charge is 0.135 e. The van der Waals surface area contributed by atoms with Crippen molar-refractivity contribution in [2.24, 2.45) is 7.05 Å². The number of aromatic nitrogens is 4. The molecule has 0 amide bonds. The highest BCUT2D eigenvalue weighted by atomic mass is 15.3. The third-order valence-corrected chi connectivity index (χ3v) is 5.27. The zero-order valence-corrected chi connectivity index (χ0v) is 14.5. The number of anilines is 1. The van der Waals surface area contributed by atoms with E-state index in [1.807, 2.05) is 7.05 Å². The summed E-state index contributed by atoms with van der Waals surface area (Å²) in [6.07, 6.45) is 4.02.